The van der Waals surface area contributed by atoms with Gasteiger partial charge in [-0.1, -0.05) is 66.2 Å². The van der Waals surface area contributed by atoms with Crippen LogP contribution in [0, 0.1) is 12.1 Å². The number of sulfone groups is 1. The molecular weight excluding hydrogens is 398 g/mol. The molecule has 0 amide bonds. The van der Waals surface area contributed by atoms with E-state index >= 15 is 0 Å². The summed E-state index contributed by atoms with van der Waals surface area (Å²) in [6.45, 7) is 1.88. The molecule has 7 heteroatoms. The summed E-state index contributed by atoms with van der Waals surface area (Å²) in [6.07, 6.45) is 0. The van der Waals surface area contributed by atoms with Crippen molar-refractivity contribution in [1.29, 1.82) is 0 Å². The van der Waals surface area contributed by atoms with Crippen molar-refractivity contribution in [2.75, 3.05) is 0 Å². The van der Waals surface area contributed by atoms with Crippen molar-refractivity contribution in [2.45, 2.75) is 17.6 Å². The Hall–Kier alpha value is -3.58. The Morgan fingerprint density at radius 3 is 1.97 bits per heavy atom. The number of hydrogen-bond acceptors (Lipinski definition) is 5. The molecule has 1 aromatic heterocycles. The molecule has 4 aromatic rings. The molecule has 0 saturated carbocycles. The Kier molecular flexibility index (Phi) is 5.29. The first-order valence-electron chi connectivity index (χ1n) is 9.35. The van der Waals surface area contributed by atoms with Gasteiger partial charge in [-0.3, -0.25) is 0 Å². The Labute approximate surface area is 175 Å². The number of benzene rings is 3. The smallest absolute Gasteiger partial charge is 0.361 e. The number of rotatable bonds is 5. The quantitative estimate of drug-likeness (QED) is 0.365. The van der Waals surface area contributed by atoms with E-state index in [0.717, 1.165) is 5.56 Å². The minimum atomic E-state index is -3.77. The molecule has 0 atom stereocenters. The summed E-state index contributed by atoms with van der Waals surface area (Å²) in [5.41, 5.74) is 2.43. The molecule has 0 aliphatic carbocycles. The van der Waals surface area contributed by atoms with Crippen LogP contribution in [-0.2, 0) is 15.6 Å². The van der Waals surface area contributed by atoms with Gasteiger partial charge in [-0.25, -0.2) is 13.1 Å². The molecule has 0 N–H and O–H groups in total. The van der Waals surface area contributed by atoms with E-state index < -0.39 is 15.6 Å². The number of aryl methyl sites for hydroxylation is 1. The summed E-state index contributed by atoms with van der Waals surface area (Å²) in [7, 11) is -3.77. The molecule has 30 heavy (non-hydrogen) atoms. The average molecular weight is 417 g/mol. The lowest BCUT2D eigenvalue weighted by Gasteiger charge is -2.15. The maximum atomic E-state index is 13.3. The lowest BCUT2D eigenvalue weighted by atomic mass is 10.1. The summed E-state index contributed by atoms with van der Waals surface area (Å²) in [5.74, 6) is -0.427. The summed E-state index contributed by atoms with van der Waals surface area (Å²) in [4.78, 5) is 0.158. The minimum Gasteiger partial charge on any atom is -0.710 e. The molecule has 1 heterocycles. The van der Waals surface area contributed by atoms with Crippen LogP contribution in [-0.4, -0.2) is 18.6 Å². The summed E-state index contributed by atoms with van der Waals surface area (Å²) < 4.78 is 26.8. The lowest BCUT2D eigenvalue weighted by Crippen LogP contribution is -2.38. The fourth-order valence-electron chi connectivity index (χ4n) is 3.14. The third-order valence-electron chi connectivity index (χ3n) is 4.74. The van der Waals surface area contributed by atoms with Gasteiger partial charge in [0.1, 0.15) is 5.75 Å². The van der Waals surface area contributed by atoms with Gasteiger partial charge in [-0.2, -0.15) is 0 Å². The summed E-state index contributed by atoms with van der Waals surface area (Å²) in [5, 5.41) is 21.6. The van der Waals surface area contributed by atoms with Crippen molar-refractivity contribution < 1.29 is 13.1 Å². The van der Waals surface area contributed by atoms with Crippen LogP contribution >= 0.6 is 0 Å². The van der Waals surface area contributed by atoms with Gasteiger partial charge < -0.3 is 5.21 Å². The van der Waals surface area contributed by atoms with Gasteiger partial charge in [0.25, 0.3) is 0 Å². The van der Waals surface area contributed by atoms with Crippen molar-refractivity contribution in [1.82, 2.24) is 10.2 Å². The second kappa shape index (κ2) is 8.04. The zero-order valence-electron chi connectivity index (χ0n) is 16.3. The summed E-state index contributed by atoms with van der Waals surface area (Å²) in [6, 6.07) is 24.4. The van der Waals surface area contributed by atoms with E-state index in [1.54, 1.807) is 72.8 Å². The van der Waals surface area contributed by atoms with Crippen LogP contribution in [0.15, 0.2) is 89.8 Å². The van der Waals surface area contributed by atoms with Crippen LogP contribution in [0.1, 0.15) is 11.3 Å². The highest BCUT2D eigenvalue weighted by molar-refractivity contribution is 7.90. The van der Waals surface area contributed by atoms with Gasteiger partial charge in [0.2, 0.25) is 0 Å². The Balaban J connectivity index is 1.88. The largest absolute Gasteiger partial charge is 0.710 e. The monoisotopic (exact) mass is 417 g/mol. The number of aromatic nitrogens is 3. The zero-order chi connectivity index (χ0) is 21.1. The molecule has 150 valence electrons. The normalized spacial score (nSPS) is 11.4. The topological polar surface area (TPSA) is 86.9 Å². The predicted octanol–water partition coefficient (Wildman–Crippen LogP) is 3.73. The average Bonchev–Trinajstić information content (AvgIpc) is 2.76. The molecule has 0 saturated heterocycles. The van der Waals surface area contributed by atoms with Crippen LogP contribution in [0.2, 0.25) is 0 Å². The van der Waals surface area contributed by atoms with E-state index in [1.807, 2.05) is 19.1 Å². The first-order chi connectivity index (χ1) is 14.5. The van der Waals surface area contributed by atoms with Gasteiger partial charge in [0.05, 0.1) is 15.6 Å². The van der Waals surface area contributed by atoms with Crippen molar-refractivity contribution in [3.8, 4) is 22.6 Å². The third kappa shape index (κ3) is 3.92. The van der Waals surface area contributed by atoms with E-state index in [2.05, 4.69) is 10.2 Å². The lowest BCUT2D eigenvalue weighted by molar-refractivity contribution is -0.604. The van der Waals surface area contributed by atoms with Gasteiger partial charge in [0, 0.05) is 5.56 Å². The van der Waals surface area contributed by atoms with Gasteiger partial charge in [-0.15, -0.1) is 0 Å². The molecule has 4 rings (SSSR count). The highest BCUT2D eigenvalue weighted by atomic mass is 32.2. The molecule has 0 aliphatic heterocycles. The number of hydrogen-bond donors (Lipinski definition) is 0. The molecule has 6 nitrogen and oxygen atoms in total. The van der Waals surface area contributed by atoms with Crippen LogP contribution in [0.3, 0.4) is 0 Å². The van der Waals surface area contributed by atoms with Crippen molar-refractivity contribution in [3.05, 3.63) is 101 Å². The molecule has 0 radical (unpaired) electrons. The van der Waals surface area contributed by atoms with Crippen molar-refractivity contribution >= 4 is 9.84 Å². The van der Waals surface area contributed by atoms with Crippen molar-refractivity contribution in [3.63, 3.8) is 0 Å². The van der Waals surface area contributed by atoms with E-state index in [0.29, 0.717) is 15.9 Å². The zero-order valence-corrected chi connectivity index (χ0v) is 17.1. The highest BCUT2D eigenvalue weighted by Crippen LogP contribution is 2.24. The minimum absolute atomic E-state index is 0.0376. The van der Waals surface area contributed by atoms with E-state index in [-0.39, 0.29) is 22.1 Å². The highest BCUT2D eigenvalue weighted by Gasteiger charge is 2.27. The molecular formula is C23H19N3O3S. The maximum Gasteiger partial charge on any atom is 0.361 e. The third-order valence-corrected chi connectivity index (χ3v) is 6.39. The molecule has 0 unspecified atom stereocenters. The Morgan fingerprint density at radius 1 is 0.800 bits per heavy atom. The Bertz CT molecular complexity index is 1270. The standard InChI is InChI=1S/C23H19N3O3S/c1-17-12-14-20(15-13-17)30(28,29)16-21-22(18-8-4-2-5-9-18)24-25-23(26(21)27)19-10-6-3-7-11-19/h2-15H,16H2,1H3. The number of nitrogens with zero attached hydrogens (tertiary/aromatic N) is 3. The second-order valence-electron chi connectivity index (χ2n) is 6.92. The first kappa shape index (κ1) is 19.7. The predicted molar refractivity (Wildman–Crippen MR) is 114 cm³/mol. The van der Waals surface area contributed by atoms with Gasteiger partial charge in [0.15, 0.2) is 21.2 Å². The SMILES string of the molecule is Cc1ccc(S(=O)(=O)Cc2c(-c3ccccc3)nnc(-c3ccccc3)[n+]2[O-])cc1. The van der Waals surface area contributed by atoms with Crippen LogP contribution in [0.25, 0.3) is 22.6 Å². The van der Waals surface area contributed by atoms with Crippen LogP contribution in [0.5, 0.6) is 0 Å². The maximum absolute atomic E-state index is 13.3. The molecule has 0 bridgehead atoms. The van der Waals surface area contributed by atoms with Gasteiger partial charge in [-0.05, 0) is 36.3 Å². The van der Waals surface area contributed by atoms with E-state index in [4.69, 9.17) is 0 Å². The van der Waals surface area contributed by atoms with E-state index in [1.165, 1.54) is 0 Å². The molecule has 0 aliphatic rings. The van der Waals surface area contributed by atoms with Gasteiger partial charge >= 0.3 is 5.82 Å². The first-order valence-corrected chi connectivity index (χ1v) is 11.0. The fourth-order valence-corrected chi connectivity index (χ4v) is 4.47. The molecule has 3 aromatic carbocycles. The molecule has 0 spiro atoms. The second-order valence-corrected chi connectivity index (χ2v) is 8.91. The van der Waals surface area contributed by atoms with E-state index in [9.17, 15) is 13.6 Å². The van der Waals surface area contributed by atoms with Crippen LogP contribution < -0.4 is 4.73 Å². The van der Waals surface area contributed by atoms with Crippen LogP contribution in [0.4, 0.5) is 0 Å². The van der Waals surface area contributed by atoms with Crippen molar-refractivity contribution in [2.24, 2.45) is 0 Å². The Morgan fingerprint density at radius 2 is 1.37 bits per heavy atom. The summed E-state index contributed by atoms with van der Waals surface area (Å²) >= 11 is 0. The molecule has 0 fully saturated rings. The fraction of sp³-hybridized carbons (Fsp3) is 0.0870.